The van der Waals surface area contributed by atoms with Gasteiger partial charge in [-0.25, -0.2) is 0 Å². The first-order valence-electron chi connectivity index (χ1n) is 6.89. The normalized spacial score (nSPS) is 27.8. The third-order valence-corrected chi connectivity index (χ3v) is 4.05. The summed E-state index contributed by atoms with van der Waals surface area (Å²) in [6.07, 6.45) is -3.16. The summed E-state index contributed by atoms with van der Waals surface area (Å²) in [5, 5.41) is 20.1. The molecule has 21 heavy (non-hydrogen) atoms. The molecule has 0 spiro atoms. The molecule has 7 heteroatoms. The minimum Gasteiger partial charge on any atom is -0.389 e. The number of hydrogen-bond donors (Lipinski definition) is 2. The molecule has 1 fully saturated rings. The topological polar surface area (TPSA) is 56.6 Å². The van der Waals surface area contributed by atoms with Gasteiger partial charge in [0, 0.05) is 25.8 Å². The van der Waals surface area contributed by atoms with Crippen LogP contribution in [-0.2, 0) is 12.7 Å². The van der Waals surface area contributed by atoms with Gasteiger partial charge in [-0.1, -0.05) is 13.0 Å². The van der Waals surface area contributed by atoms with Gasteiger partial charge in [-0.15, -0.1) is 0 Å². The van der Waals surface area contributed by atoms with E-state index in [-0.39, 0.29) is 0 Å². The predicted octanol–water partition coefficient (Wildman–Crippen LogP) is 1.81. The number of alkyl halides is 3. The Kier molecular flexibility index (Phi) is 4.55. The van der Waals surface area contributed by atoms with E-state index in [2.05, 4.69) is 4.98 Å². The van der Waals surface area contributed by atoms with Gasteiger partial charge in [0.05, 0.1) is 11.7 Å². The zero-order chi connectivity index (χ0) is 15.7. The van der Waals surface area contributed by atoms with E-state index >= 15 is 0 Å². The fourth-order valence-corrected chi connectivity index (χ4v) is 2.52. The van der Waals surface area contributed by atoms with Crippen molar-refractivity contribution in [3.8, 4) is 0 Å². The van der Waals surface area contributed by atoms with Gasteiger partial charge in [0.1, 0.15) is 5.69 Å². The lowest BCUT2D eigenvalue weighted by Crippen LogP contribution is -2.54. The van der Waals surface area contributed by atoms with Gasteiger partial charge in [-0.3, -0.25) is 9.88 Å². The van der Waals surface area contributed by atoms with Crippen molar-refractivity contribution >= 4 is 0 Å². The van der Waals surface area contributed by atoms with E-state index < -0.39 is 23.6 Å². The molecule has 4 nitrogen and oxygen atoms in total. The second-order valence-corrected chi connectivity index (χ2v) is 5.51. The first-order valence-corrected chi connectivity index (χ1v) is 6.89. The maximum atomic E-state index is 12.4. The molecule has 0 bridgehead atoms. The number of nitrogens with zero attached hydrogens (tertiary/aromatic N) is 2. The summed E-state index contributed by atoms with van der Waals surface area (Å²) in [4.78, 5) is 5.32. The summed E-state index contributed by atoms with van der Waals surface area (Å²) in [6, 6.07) is 2.35. The Morgan fingerprint density at radius 3 is 2.62 bits per heavy atom. The van der Waals surface area contributed by atoms with Gasteiger partial charge in [0.15, 0.2) is 0 Å². The zero-order valence-corrected chi connectivity index (χ0v) is 11.8. The summed E-state index contributed by atoms with van der Waals surface area (Å²) < 4.78 is 37.3. The molecule has 2 heterocycles. The highest BCUT2D eigenvalue weighted by molar-refractivity contribution is 5.16. The second kappa shape index (κ2) is 5.90. The Hall–Kier alpha value is -1.18. The lowest BCUT2D eigenvalue weighted by Gasteiger charge is -2.41. The molecule has 2 rings (SSSR count). The number of β-amino-alcohol motifs (C(OH)–C–C–N with tert-alkyl or cyclic N) is 1. The molecule has 118 valence electrons. The third kappa shape index (κ3) is 3.72. The lowest BCUT2D eigenvalue weighted by molar-refractivity contribution is -0.141. The first kappa shape index (κ1) is 16.2. The monoisotopic (exact) mass is 304 g/mol. The first-order chi connectivity index (χ1) is 9.74. The zero-order valence-electron chi connectivity index (χ0n) is 11.8. The van der Waals surface area contributed by atoms with E-state index in [1.807, 2.05) is 11.8 Å². The van der Waals surface area contributed by atoms with Crippen molar-refractivity contribution < 1.29 is 23.4 Å². The average Bonchev–Trinajstić information content (AvgIpc) is 2.43. The molecule has 0 saturated carbocycles. The fourth-order valence-electron chi connectivity index (χ4n) is 2.52. The molecule has 0 unspecified atom stereocenters. The summed E-state index contributed by atoms with van der Waals surface area (Å²) in [5.41, 5.74) is -1.32. The summed E-state index contributed by atoms with van der Waals surface area (Å²) >= 11 is 0. The predicted molar refractivity (Wildman–Crippen MR) is 70.4 cm³/mol. The van der Waals surface area contributed by atoms with E-state index in [0.29, 0.717) is 38.0 Å². The molecule has 1 aliphatic heterocycles. The van der Waals surface area contributed by atoms with Crippen LogP contribution in [0.25, 0.3) is 0 Å². The van der Waals surface area contributed by atoms with Gasteiger partial charge in [-0.2, -0.15) is 13.2 Å². The van der Waals surface area contributed by atoms with Gasteiger partial charge in [0.25, 0.3) is 0 Å². The van der Waals surface area contributed by atoms with Gasteiger partial charge < -0.3 is 10.2 Å². The Morgan fingerprint density at radius 2 is 2.14 bits per heavy atom. The van der Waals surface area contributed by atoms with Crippen molar-refractivity contribution in [2.45, 2.75) is 44.2 Å². The molecule has 2 N–H and O–H groups in total. The number of aliphatic hydroxyl groups is 2. The maximum Gasteiger partial charge on any atom is 0.433 e. The van der Waals surface area contributed by atoms with Crippen LogP contribution in [0.4, 0.5) is 13.2 Å². The number of halogens is 3. The lowest BCUT2D eigenvalue weighted by atomic mass is 9.86. The SMILES string of the molecule is CC[C@@]1(O)CCN(Cc2ccc(C(F)(F)F)nc2)C[C@H]1O. The van der Waals surface area contributed by atoms with Crippen molar-refractivity contribution in [2.24, 2.45) is 0 Å². The average molecular weight is 304 g/mol. The largest absolute Gasteiger partial charge is 0.433 e. The third-order valence-electron chi connectivity index (χ3n) is 4.05. The summed E-state index contributed by atoms with van der Waals surface area (Å²) in [6.45, 7) is 3.11. The van der Waals surface area contributed by atoms with Gasteiger partial charge in [-0.05, 0) is 24.5 Å². The molecule has 0 amide bonds. The number of likely N-dealkylation sites (tertiary alicyclic amines) is 1. The molecule has 1 aliphatic rings. The van der Waals surface area contributed by atoms with E-state index in [1.54, 1.807) is 0 Å². The van der Waals surface area contributed by atoms with E-state index in [0.717, 1.165) is 6.07 Å². The molecular formula is C14H19F3N2O2. The van der Waals surface area contributed by atoms with Crippen LogP contribution < -0.4 is 0 Å². The molecule has 0 aromatic carbocycles. The van der Waals surface area contributed by atoms with Gasteiger partial charge >= 0.3 is 6.18 Å². The number of hydrogen-bond acceptors (Lipinski definition) is 4. The minimum atomic E-state index is -4.43. The Bertz CT molecular complexity index is 478. The van der Waals surface area contributed by atoms with E-state index in [1.165, 1.54) is 12.3 Å². The molecule has 0 aliphatic carbocycles. The highest BCUT2D eigenvalue weighted by Gasteiger charge is 2.39. The van der Waals surface area contributed by atoms with E-state index in [9.17, 15) is 23.4 Å². The number of pyridine rings is 1. The Labute approximate surface area is 121 Å². The van der Waals surface area contributed by atoms with Crippen LogP contribution in [0.5, 0.6) is 0 Å². The van der Waals surface area contributed by atoms with Crippen molar-refractivity contribution in [1.82, 2.24) is 9.88 Å². The molecule has 1 saturated heterocycles. The molecule has 2 atom stereocenters. The molecular weight excluding hydrogens is 285 g/mol. The van der Waals surface area contributed by atoms with Crippen molar-refractivity contribution in [3.63, 3.8) is 0 Å². The van der Waals surface area contributed by atoms with Crippen LogP contribution in [0.1, 0.15) is 31.0 Å². The number of aliphatic hydroxyl groups excluding tert-OH is 1. The van der Waals surface area contributed by atoms with Crippen molar-refractivity contribution in [3.05, 3.63) is 29.6 Å². The second-order valence-electron chi connectivity index (χ2n) is 5.51. The van der Waals surface area contributed by atoms with Crippen molar-refractivity contribution in [1.29, 1.82) is 0 Å². The quantitative estimate of drug-likeness (QED) is 0.894. The van der Waals surface area contributed by atoms with E-state index in [4.69, 9.17) is 0 Å². The number of aromatic nitrogens is 1. The Balaban J connectivity index is 1.97. The smallest absolute Gasteiger partial charge is 0.389 e. The van der Waals surface area contributed by atoms with Crippen molar-refractivity contribution in [2.75, 3.05) is 13.1 Å². The summed E-state index contributed by atoms with van der Waals surface area (Å²) in [5.74, 6) is 0. The van der Waals surface area contributed by atoms with Crippen LogP contribution in [-0.4, -0.2) is 44.9 Å². The minimum absolute atomic E-state index is 0.297. The maximum absolute atomic E-state index is 12.4. The standard InChI is InChI=1S/C14H19F3N2O2/c1-2-13(21)5-6-19(9-12(13)20)8-10-3-4-11(18-7-10)14(15,16)17/h3-4,7,12,20-21H,2,5-6,8-9H2,1H3/t12-,13-/m1/s1. The number of rotatable bonds is 3. The molecule has 0 radical (unpaired) electrons. The van der Waals surface area contributed by atoms with Crippen LogP contribution in [0, 0.1) is 0 Å². The van der Waals surface area contributed by atoms with Crippen LogP contribution >= 0.6 is 0 Å². The van der Waals surface area contributed by atoms with Gasteiger partial charge in [0.2, 0.25) is 0 Å². The number of piperidine rings is 1. The van der Waals surface area contributed by atoms with Crippen LogP contribution in [0.2, 0.25) is 0 Å². The van der Waals surface area contributed by atoms with Crippen LogP contribution in [0.3, 0.4) is 0 Å². The van der Waals surface area contributed by atoms with Crippen LogP contribution in [0.15, 0.2) is 18.3 Å². The highest BCUT2D eigenvalue weighted by Crippen LogP contribution is 2.28. The highest BCUT2D eigenvalue weighted by atomic mass is 19.4. The summed E-state index contributed by atoms with van der Waals surface area (Å²) in [7, 11) is 0. The Morgan fingerprint density at radius 1 is 1.43 bits per heavy atom. The molecule has 1 aromatic heterocycles. The fraction of sp³-hybridized carbons (Fsp3) is 0.643. The molecule has 1 aromatic rings.